The molecule has 1 aromatic carbocycles. The van der Waals surface area contributed by atoms with Gasteiger partial charge >= 0.3 is 0 Å². The second-order valence-corrected chi connectivity index (χ2v) is 7.19. The molecule has 138 valence electrons. The zero-order valence-electron chi connectivity index (χ0n) is 15.0. The van der Waals surface area contributed by atoms with E-state index in [0.29, 0.717) is 5.92 Å². The van der Waals surface area contributed by atoms with Gasteiger partial charge in [0.15, 0.2) is 0 Å². The van der Waals surface area contributed by atoms with Crippen molar-refractivity contribution in [3.05, 3.63) is 71.8 Å². The SMILES string of the molecule is c1ccc2c(c1)CCCC2Cn1cnc(-c2cc(C3NNNN3)ccn2)c1. The van der Waals surface area contributed by atoms with Gasteiger partial charge in [-0.25, -0.2) is 15.8 Å². The Morgan fingerprint density at radius 2 is 1.93 bits per heavy atom. The quantitative estimate of drug-likeness (QED) is 0.571. The van der Waals surface area contributed by atoms with Gasteiger partial charge in [-0.05, 0) is 48.1 Å². The lowest BCUT2D eigenvalue weighted by Gasteiger charge is -2.25. The third-order valence-corrected chi connectivity index (χ3v) is 5.43. The second kappa shape index (κ2) is 7.21. The van der Waals surface area contributed by atoms with Gasteiger partial charge in [0.1, 0.15) is 11.9 Å². The molecule has 1 atom stereocenters. The molecule has 0 spiro atoms. The van der Waals surface area contributed by atoms with Gasteiger partial charge in [-0.2, -0.15) is 11.1 Å². The van der Waals surface area contributed by atoms with Crippen molar-refractivity contribution in [2.45, 2.75) is 37.9 Å². The van der Waals surface area contributed by atoms with Gasteiger partial charge in [0.25, 0.3) is 0 Å². The van der Waals surface area contributed by atoms with Gasteiger partial charge in [0.2, 0.25) is 0 Å². The Bertz CT molecular complexity index is 929. The lowest BCUT2D eigenvalue weighted by molar-refractivity contribution is 0.483. The number of nitrogens with zero attached hydrogens (tertiary/aromatic N) is 3. The van der Waals surface area contributed by atoms with Crippen LogP contribution in [0, 0.1) is 0 Å². The van der Waals surface area contributed by atoms with E-state index in [0.717, 1.165) is 23.5 Å². The summed E-state index contributed by atoms with van der Waals surface area (Å²) in [6, 6.07) is 12.9. The van der Waals surface area contributed by atoms with E-state index in [2.05, 4.69) is 73.0 Å². The summed E-state index contributed by atoms with van der Waals surface area (Å²) in [6.07, 6.45) is 9.54. The Kier molecular flexibility index (Phi) is 4.43. The smallest absolute Gasteiger partial charge is 0.111 e. The highest BCUT2D eigenvalue weighted by atomic mass is 15.8. The van der Waals surface area contributed by atoms with Crippen LogP contribution in [0.25, 0.3) is 11.4 Å². The number of hydrogen-bond donors (Lipinski definition) is 4. The van der Waals surface area contributed by atoms with Crippen molar-refractivity contribution >= 4 is 0 Å². The number of hydrogen-bond acceptors (Lipinski definition) is 6. The van der Waals surface area contributed by atoms with Crippen molar-refractivity contribution < 1.29 is 0 Å². The first-order valence-corrected chi connectivity index (χ1v) is 9.44. The van der Waals surface area contributed by atoms with Gasteiger partial charge in [0.05, 0.1) is 12.0 Å². The summed E-state index contributed by atoms with van der Waals surface area (Å²) in [6.45, 7) is 0.962. The van der Waals surface area contributed by atoms with Crippen LogP contribution in [0.5, 0.6) is 0 Å². The summed E-state index contributed by atoms with van der Waals surface area (Å²) in [5, 5.41) is 0. The van der Waals surface area contributed by atoms with E-state index in [1.807, 2.05) is 18.6 Å². The summed E-state index contributed by atoms with van der Waals surface area (Å²) >= 11 is 0. The highest BCUT2D eigenvalue weighted by Gasteiger charge is 2.21. The van der Waals surface area contributed by atoms with Crippen LogP contribution in [0.3, 0.4) is 0 Å². The highest BCUT2D eigenvalue weighted by molar-refractivity contribution is 5.54. The van der Waals surface area contributed by atoms with Gasteiger partial charge < -0.3 is 4.57 Å². The van der Waals surface area contributed by atoms with Crippen molar-refractivity contribution in [3.8, 4) is 11.4 Å². The third-order valence-electron chi connectivity index (χ3n) is 5.43. The van der Waals surface area contributed by atoms with Gasteiger partial charge in [-0.1, -0.05) is 24.3 Å². The molecule has 7 heteroatoms. The van der Waals surface area contributed by atoms with Gasteiger partial charge in [-0.15, -0.1) is 0 Å². The lowest BCUT2D eigenvalue weighted by atomic mass is 9.83. The molecular formula is C20H23N7. The van der Waals surface area contributed by atoms with E-state index < -0.39 is 0 Å². The summed E-state index contributed by atoms with van der Waals surface area (Å²) in [4.78, 5) is 9.11. The van der Waals surface area contributed by atoms with Crippen LogP contribution in [0.15, 0.2) is 55.1 Å². The average molecular weight is 361 g/mol. The summed E-state index contributed by atoms with van der Waals surface area (Å²) < 4.78 is 2.20. The Hall–Kier alpha value is -2.58. The second-order valence-electron chi connectivity index (χ2n) is 7.19. The predicted molar refractivity (Wildman–Crippen MR) is 103 cm³/mol. The van der Waals surface area contributed by atoms with Gasteiger partial charge in [-0.3, -0.25) is 4.98 Å². The molecule has 3 heterocycles. The average Bonchev–Trinajstić information content (AvgIpc) is 3.41. The first-order valence-electron chi connectivity index (χ1n) is 9.44. The molecule has 1 unspecified atom stereocenters. The fourth-order valence-electron chi connectivity index (χ4n) is 4.08. The first kappa shape index (κ1) is 16.6. The number of imidazole rings is 1. The number of benzene rings is 1. The van der Waals surface area contributed by atoms with E-state index in [4.69, 9.17) is 0 Å². The maximum Gasteiger partial charge on any atom is 0.111 e. The van der Waals surface area contributed by atoms with Crippen LogP contribution in [-0.4, -0.2) is 14.5 Å². The molecule has 5 rings (SSSR count). The van der Waals surface area contributed by atoms with E-state index in [1.165, 1.54) is 30.4 Å². The number of nitrogens with one attached hydrogen (secondary N) is 4. The van der Waals surface area contributed by atoms with Crippen molar-refractivity contribution in [2.75, 3.05) is 0 Å². The molecule has 27 heavy (non-hydrogen) atoms. The van der Waals surface area contributed by atoms with Crippen LogP contribution in [0.2, 0.25) is 0 Å². The monoisotopic (exact) mass is 361 g/mol. The number of hydrazine groups is 3. The minimum absolute atomic E-state index is 0.00687. The highest BCUT2D eigenvalue weighted by Crippen LogP contribution is 2.33. The predicted octanol–water partition coefficient (Wildman–Crippen LogP) is 2.18. The zero-order valence-corrected chi connectivity index (χ0v) is 15.0. The molecule has 1 saturated heterocycles. The van der Waals surface area contributed by atoms with Crippen molar-refractivity contribution in [1.82, 2.24) is 36.5 Å². The molecule has 1 aliphatic heterocycles. The normalized spacial score (nSPS) is 19.9. The van der Waals surface area contributed by atoms with E-state index in [1.54, 1.807) is 0 Å². The Morgan fingerprint density at radius 1 is 1.04 bits per heavy atom. The molecule has 1 aliphatic carbocycles. The molecule has 3 aromatic rings. The molecule has 0 radical (unpaired) electrons. The number of rotatable bonds is 4. The molecule has 2 aliphatic rings. The van der Waals surface area contributed by atoms with Crippen LogP contribution < -0.4 is 21.9 Å². The Labute approximate surface area is 158 Å². The topological polar surface area (TPSA) is 78.8 Å². The Balaban J connectivity index is 1.36. The van der Waals surface area contributed by atoms with E-state index >= 15 is 0 Å². The minimum Gasteiger partial charge on any atom is -0.336 e. The summed E-state index contributed by atoms with van der Waals surface area (Å²) in [5.41, 5.74) is 17.7. The fourth-order valence-corrected chi connectivity index (χ4v) is 4.08. The summed E-state index contributed by atoms with van der Waals surface area (Å²) in [7, 11) is 0. The molecule has 7 nitrogen and oxygen atoms in total. The third kappa shape index (κ3) is 3.38. The number of aromatic nitrogens is 3. The van der Waals surface area contributed by atoms with Crippen LogP contribution >= 0.6 is 0 Å². The maximum absolute atomic E-state index is 4.60. The number of fused-ring (bicyclic) bond motifs is 1. The molecule has 0 bridgehead atoms. The molecule has 0 amide bonds. The van der Waals surface area contributed by atoms with Crippen molar-refractivity contribution in [2.24, 2.45) is 0 Å². The van der Waals surface area contributed by atoms with E-state index in [9.17, 15) is 0 Å². The van der Waals surface area contributed by atoms with Crippen molar-refractivity contribution in [3.63, 3.8) is 0 Å². The van der Waals surface area contributed by atoms with Crippen molar-refractivity contribution in [1.29, 1.82) is 0 Å². The molecule has 0 saturated carbocycles. The fraction of sp³-hybridized carbons (Fsp3) is 0.300. The zero-order chi connectivity index (χ0) is 18.1. The largest absolute Gasteiger partial charge is 0.336 e. The van der Waals surface area contributed by atoms with Crippen LogP contribution in [-0.2, 0) is 13.0 Å². The van der Waals surface area contributed by atoms with Crippen LogP contribution in [0.1, 0.15) is 41.6 Å². The number of aryl methyl sites for hydroxylation is 1. The molecule has 2 aromatic heterocycles. The minimum atomic E-state index is -0.00687. The lowest BCUT2D eigenvalue weighted by Crippen LogP contribution is -2.33. The standard InChI is InChI=1S/C20H23N7/c1-2-7-17-14(4-1)5-3-6-16(17)11-27-12-19(22-13-27)18-10-15(8-9-21-18)20-23-25-26-24-20/h1-2,4,7-10,12-13,16,20,23-26H,3,5-6,11H2. The Morgan fingerprint density at radius 3 is 2.85 bits per heavy atom. The van der Waals surface area contributed by atoms with Crippen LogP contribution in [0.4, 0.5) is 0 Å². The maximum atomic E-state index is 4.60. The van der Waals surface area contributed by atoms with E-state index in [-0.39, 0.29) is 6.17 Å². The number of pyridine rings is 1. The first-order chi connectivity index (χ1) is 13.4. The molecule has 1 fully saturated rings. The summed E-state index contributed by atoms with van der Waals surface area (Å²) in [5.74, 6) is 0.556. The molecule has 4 N–H and O–H groups in total. The molecular weight excluding hydrogens is 338 g/mol. The van der Waals surface area contributed by atoms with Gasteiger partial charge in [0, 0.05) is 24.9 Å².